The number of amides is 1. The summed E-state index contributed by atoms with van der Waals surface area (Å²) in [6, 6.07) is 7.58. The Kier molecular flexibility index (Phi) is 4.91. The smallest absolute Gasteiger partial charge is 0.256 e. The van der Waals surface area contributed by atoms with Gasteiger partial charge in [0.2, 0.25) is 10.0 Å². The molecule has 1 fully saturated rings. The topological polar surface area (TPSA) is 92.5 Å². The molecule has 1 aromatic carbocycles. The molecule has 0 atom stereocenters. The van der Waals surface area contributed by atoms with Crippen molar-refractivity contribution in [3.05, 3.63) is 41.7 Å². The molecule has 3 rings (SSSR count). The molecule has 8 heteroatoms. The van der Waals surface area contributed by atoms with Crippen LogP contribution in [0.15, 0.2) is 39.8 Å². The number of sulfonamides is 1. The molecule has 1 aliphatic rings. The van der Waals surface area contributed by atoms with Crippen LogP contribution in [0.3, 0.4) is 0 Å². The van der Waals surface area contributed by atoms with Gasteiger partial charge in [-0.1, -0.05) is 18.0 Å². The number of rotatable bonds is 5. The molecule has 1 N–H and O–H groups in total. The number of hydrogen-bond acceptors (Lipinski definition) is 5. The number of nitrogens with one attached hydrogen (secondary N) is 1. The first kappa shape index (κ1) is 17.6. The average molecular weight is 363 g/mol. The van der Waals surface area contributed by atoms with Gasteiger partial charge in [0.1, 0.15) is 5.76 Å². The fraction of sp³-hybridized carbons (Fsp3) is 0.412. The van der Waals surface area contributed by atoms with Crippen LogP contribution in [0.4, 0.5) is 5.82 Å². The molecule has 1 heterocycles. The minimum absolute atomic E-state index is 0.0587. The van der Waals surface area contributed by atoms with Crippen molar-refractivity contribution in [2.45, 2.75) is 43.5 Å². The van der Waals surface area contributed by atoms with Crippen LogP contribution in [0.2, 0.25) is 0 Å². The van der Waals surface area contributed by atoms with Crippen LogP contribution in [-0.4, -0.2) is 36.9 Å². The molecule has 0 bridgehead atoms. The lowest BCUT2D eigenvalue weighted by atomic mass is 10.2. The molecule has 0 aliphatic heterocycles. The third-order valence-electron chi connectivity index (χ3n) is 4.50. The summed E-state index contributed by atoms with van der Waals surface area (Å²) in [7, 11) is -1.92. The van der Waals surface area contributed by atoms with Crippen molar-refractivity contribution in [1.82, 2.24) is 9.46 Å². The summed E-state index contributed by atoms with van der Waals surface area (Å²) >= 11 is 0. The predicted octanol–water partition coefficient (Wildman–Crippen LogP) is 2.80. The predicted molar refractivity (Wildman–Crippen MR) is 92.8 cm³/mol. The molecule has 0 unspecified atom stereocenters. The highest BCUT2D eigenvalue weighted by Crippen LogP contribution is 2.27. The molecule has 0 spiro atoms. The van der Waals surface area contributed by atoms with Crippen molar-refractivity contribution in [2.24, 2.45) is 0 Å². The van der Waals surface area contributed by atoms with Crippen molar-refractivity contribution < 1.29 is 17.7 Å². The number of carbonyl (C=O) groups excluding carboxylic acids is 1. The second-order valence-electron chi connectivity index (χ2n) is 6.26. The highest BCUT2D eigenvalue weighted by atomic mass is 32.2. The van der Waals surface area contributed by atoms with E-state index < -0.39 is 10.0 Å². The van der Waals surface area contributed by atoms with E-state index in [1.807, 2.05) is 0 Å². The maximum absolute atomic E-state index is 12.7. The van der Waals surface area contributed by atoms with E-state index in [4.69, 9.17) is 4.52 Å². The Bertz CT molecular complexity index is 852. The van der Waals surface area contributed by atoms with Gasteiger partial charge in [0.15, 0.2) is 5.82 Å². The summed E-state index contributed by atoms with van der Waals surface area (Å²) < 4.78 is 31.7. The summed E-state index contributed by atoms with van der Waals surface area (Å²) in [4.78, 5) is 12.4. The van der Waals surface area contributed by atoms with Gasteiger partial charge in [-0.2, -0.15) is 4.31 Å². The zero-order valence-electron chi connectivity index (χ0n) is 14.2. The Hall–Kier alpha value is -2.19. The summed E-state index contributed by atoms with van der Waals surface area (Å²) in [6.45, 7) is 1.73. The van der Waals surface area contributed by atoms with Crippen molar-refractivity contribution in [3.63, 3.8) is 0 Å². The van der Waals surface area contributed by atoms with Crippen LogP contribution in [0.25, 0.3) is 0 Å². The van der Waals surface area contributed by atoms with Gasteiger partial charge < -0.3 is 9.84 Å². The lowest BCUT2D eigenvalue weighted by Crippen LogP contribution is -2.35. The Balaban J connectivity index is 1.73. The molecular formula is C17H21N3O4S. The van der Waals surface area contributed by atoms with E-state index in [2.05, 4.69) is 10.5 Å². The molecule has 1 aromatic heterocycles. The highest BCUT2D eigenvalue weighted by molar-refractivity contribution is 7.89. The fourth-order valence-corrected chi connectivity index (χ4v) is 4.44. The van der Waals surface area contributed by atoms with Crippen LogP contribution in [0.5, 0.6) is 0 Å². The number of aromatic nitrogens is 1. The summed E-state index contributed by atoms with van der Waals surface area (Å²) in [6.07, 6.45) is 3.91. The molecule has 1 saturated carbocycles. The number of benzene rings is 1. The number of aryl methyl sites for hydroxylation is 1. The second kappa shape index (κ2) is 6.97. The van der Waals surface area contributed by atoms with Gasteiger partial charge in [-0.25, -0.2) is 8.42 Å². The Morgan fingerprint density at radius 3 is 2.44 bits per heavy atom. The van der Waals surface area contributed by atoms with E-state index in [0.29, 0.717) is 17.1 Å². The van der Waals surface area contributed by atoms with Gasteiger partial charge in [-0.15, -0.1) is 0 Å². The molecule has 0 saturated heterocycles. The molecule has 2 aromatic rings. The van der Waals surface area contributed by atoms with Crippen LogP contribution < -0.4 is 5.32 Å². The third-order valence-corrected chi connectivity index (χ3v) is 6.43. The largest absolute Gasteiger partial charge is 0.360 e. The Morgan fingerprint density at radius 2 is 1.88 bits per heavy atom. The molecule has 1 amide bonds. The van der Waals surface area contributed by atoms with Crippen LogP contribution in [-0.2, 0) is 10.0 Å². The quantitative estimate of drug-likeness (QED) is 0.882. The minimum atomic E-state index is -3.55. The zero-order valence-corrected chi connectivity index (χ0v) is 15.0. The SMILES string of the molecule is Cc1cc(NC(=O)c2ccc(S(=O)(=O)N(C)C3CCCC3)cc2)no1. The van der Waals surface area contributed by atoms with Gasteiger partial charge in [-0.3, -0.25) is 4.79 Å². The summed E-state index contributed by atoms with van der Waals surface area (Å²) in [5.41, 5.74) is 0.350. The first-order valence-corrected chi connectivity index (χ1v) is 9.65. The minimum Gasteiger partial charge on any atom is -0.360 e. The second-order valence-corrected chi connectivity index (χ2v) is 8.26. The van der Waals surface area contributed by atoms with Crippen molar-refractivity contribution in [2.75, 3.05) is 12.4 Å². The summed E-state index contributed by atoms with van der Waals surface area (Å²) in [5, 5.41) is 6.30. The van der Waals surface area contributed by atoms with Gasteiger partial charge >= 0.3 is 0 Å². The van der Waals surface area contributed by atoms with Crippen molar-refractivity contribution in [1.29, 1.82) is 0 Å². The molecular weight excluding hydrogens is 342 g/mol. The third kappa shape index (κ3) is 3.74. The number of hydrogen-bond donors (Lipinski definition) is 1. The van der Waals surface area contributed by atoms with Crippen molar-refractivity contribution in [3.8, 4) is 0 Å². The normalized spacial score (nSPS) is 15.6. The lowest BCUT2D eigenvalue weighted by molar-refractivity contribution is 0.102. The summed E-state index contributed by atoms with van der Waals surface area (Å²) in [5.74, 6) is 0.535. The first-order chi connectivity index (χ1) is 11.9. The highest BCUT2D eigenvalue weighted by Gasteiger charge is 2.30. The van der Waals surface area contributed by atoms with Gasteiger partial charge in [-0.05, 0) is 44.0 Å². The molecule has 25 heavy (non-hydrogen) atoms. The number of anilines is 1. The van der Waals surface area contributed by atoms with Crippen LogP contribution >= 0.6 is 0 Å². The standard InChI is InChI=1S/C17H21N3O4S/c1-12-11-16(19-24-12)18-17(21)13-7-9-15(10-8-13)25(22,23)20(2)14-5-3-4-6-14/h7-11,14H,3-6H2,1-2H3,(H,18,19,21). The van der Waals surface area contributed by atoms with Crippen molar-refractivity contribution >= 4 is 21.7 Å². The monoisotopic (exact) mass is 363 g/mol. The number of carbonyl (C=O) groups is 1. The maximum atomic E-state index is 12.7. The van der Waals surface area contributed by atoms with E-state index in [-0.39, 0.29) is 16.8 Å². The first-order valence-electron chi connectivity index (χ1n) is 8.21. The van der Waals surface area contributed by atoms with E-state index in [1.165, 1.54) is 28.6 Å². The van der Waals surface area contributed by atoms with E-state index in [0.717, 1.165) is 25.7 Å². The van der Waals surface area contributed by atoms with Gasteiger partial charge in [0, 0.05) is 24.7 Å². The van der Waals surface area contributed by atoms with E-state index in [1.54, 1.807) is 20.0 Å². The van der Waals surface area contributed by atoms with E-state index in [9.17, 15) is 13.2 Å². The molecule has 1 aliphatic carbocycles. The van der Waals surface area contributed by atoms with Crippen LogP contribution in [0, 0.1) is 6.92 Å². The average Bonchev–Trinajstić information content (AvgIpc) is 3.26. The van der Waals surface area contributed by atoms with Gasteiger partial charge in [0.05, 0.1) is 4.90 Å². The number of nitrogens with zero attached hydrogens (tertiary/aromatic N) is 2. The maximum Gasteiger partial charge on any atom is 0.256 e. The Morgan fingerprint density at radius 1 is 1.24 bits per heavy atom. The lowest BCUT2D eigenvalue weighted by Gasteiger charge is -2.23. The fourth-order valence-electron chi connectivity index (χ4n) is 3.02. The van der Waals surface area contributed by atoms with Gasteiger partial charge in [0.25, 0.3) is 5.91 Å². The zero-order chi connectivity index (χ0) is 18.0. The molecule has 7 nitrogen and oxygen atoms in total. The Labute approximate surface area is 147 Å². The van der Waals surface area contributed by atoms with E-state index >= 15 is 0 Å². The molecule has 0 radical (unpaired) electrons. The van der Waals surface area contributed by atoms with Crippen LogP contribution in [0.1, 0.15) is 41.8 Å². The molecule has 134 valence electrons.